The average Bonchev–Trinajstić information content (AvgIpc) is 2.56. The van der Waals surface area contributed by atoms with E-state index in [2.05, 4.69) is 92.7 Å². The summed E-state index contributed by atoms with van der Waals surface area (Å²) in [5, 5.41) is 0. The van der Waals surface area contributed by atoms with Gasteiger partial charge in [0.15, 0.2) is 0 Å². The van der Waals surface area contributed by atoms with E-state index in [4.69, 9.17) is 0 Å². The molecule has 0 N–H and O–H groups in total. The molecule has 0 bridgehead atoms. The predicted molar refractivity (Wildman–Crippen MR) is 94.7 cm³/mol. The average molecular weight is 285 g/mol. The molecular weight excluding hydrogens is 264 g/mol. The highest BCUT2D eigenvalue weighted by Gasteiger charge is 2.13. The highest BCUT2D eigenvalue weighted by molar-refractivity contribution is 5.85. The summed E-state index contributed by atoms with van der Waals surface area (Å²) < 4.78 is 0. The van der Waals surface area contributed by atoms with Crippen molar-refractivity contribution in [2.75, 3.05) is 0 Å². The fourth-order valence-electron chi connectivity index (χ4n) is 2.92. The number of hydrogen-bond acceptors (Lipinski definition) is 0. The van der Waals surface area contributed by atoms with Gasteiger partial charge in [-0.15, -0.1) is 0 Å². The van der Waals surface area contributed by atoms with Gasteiger partial charge in [0.2, 0.25) is 0 Å². The van der Waals surface area contributed by atoms with Crippen LogP contribution in [0.25, 0.3) is 22.3 Å². The van der Waals surface area contributed by atoms with E-state index in [1.807, 2.05) is 0 Å². The van der Waals surface area contributed by atoms with Crippen molar-refractivity contribution in [2.45, 2.75) is 20.3 Å². The molecule has 0 nitrogen and oxygen atoms in total. The zero-order chi connectivity index (χ0) is 15.4. The van der Waals surface area contributed by atoms with Crippen molar-refractivity contribution in [3.05, 3.63) is 84.4 Å². The van der Waals surface area contributed by atoms with Crippen molar-refractivity contribution >= 4 is 0 Å². The lowest BCUT2D eigenvalue weighted by Gasteiger charge is -2.17. The van der Waals surface area contributed by atoms with Crippen LogP contribution in [0, 0.1) is 12.0 Å². The number of benzene rings is 3. The molecule has 0 heterocycles. The van der Waals surface area contributed by atoms with E-state index in [0.717, 1.165) is 6.42 Å². The van der Waals surface area contributed by atoms with Crippen molar-refractivity contribution < 1.29 is 0 Å². The summed E-state index contributed by atoms with van der Waals surface area (Å²) in [5.41, 5.74) is 6.42. The molecule has 0 spiro atoms. The Morgan fingerprint density at radius 3 is 1.95 bits per heavy atom. The normalized spacial score (nSPS) is 10.9. The maximum atomic E-state index is 3.47. The molecule has 0 saturated carbocycles. The van der Waals surface area contributed by atoms with Crippen molar-refractivity contribution in [3.8, 4) is 22.3 Å². The zero-order valence-corrected chi connectivity index (χ0v) is 13.2. The van der Waals surface area contributed by atoms with Gasteiger partial charge in [-0.25, -0.2) is 0 Å². The van der Waals surface area contributed by atoms with Crippen LogP contribution in [0.1, 0.15) is 19.4 Å². The van der Waals surface area contributed by atoms with Crippen LogP contribution >= 0.6 is 0 Å². The number of rotatable bonds is 4. The second kappa shape index (κ2) is 6.62. The van der Waals surface area contributed by atoms with Crippen LogP contribution in [-0.2, 0) is 6.42 Å². The highest BCUT2D eigenvalue weighted by atomic mass is 14.2. The Morgan fingerprint density at radius 2 is 1.36 bits per heavy atom. The van der Waals surface area contributed by atoms with Crippen LogP contribution in [0.15, 0.2) is 72.8 Å². The van der Waals surface area contributed by atoms with Crippen molar-refractivity contribution in [1.82, 2.24) is 0 Å². The maximum Gasteiger partial charge on any atom is -0.00238 e. The van der Waals surface area contributed by atoms with Crippen molar-refractivity contribution in [2.24, 2.45) is 5.92 Å². The van der Waals surface area contributed by atoms with Crippen LogP contribution < -0.4 is 0 Å². The van der Waals surface area contributed by atoms with Gasteiger partial charge in [0.05, 0.1) is 0 Å². The van der Waals surface area contributed by atoms with E-state index >= 15 is 0 Å². The highest BCUT2D eigenvalue weighted by Crippen LogP contribution is 2.35. The Labute approximate surface area is 133 Å². The molecular formula is C22H21. The Kier molecular flexibility index (Phi) is 4.39. The minimum Gasteiger partial charge on any atom is -0.0625 e. The summed E-state index contributed by atoms with van der Waals surface area (Å²) in [6, 6.07) is 29.0. The van der Waals surface area contributed by atoms with Gasteiger partial charge in [0.25, 0.3) is 0 Å². The molecule has 0 saturated heterocycles. The Morgan fingerprint density at radius 1 is 0.773 bits per heavy atom. The summed E-state index contributed by atoms with van der Waals surface area (Å²) in [4.78, 5) is 0. The van der Waals surface area contributed by atoms with Gasteiger partial charge in [-0.3, -0.25) is 0 Å². The molecule has 109 valence electrons. The summed E-state index contributed by atoms with van der Waals surface area (Å²) in [6.07, 6.45) is 1.08. The first-order chi connectivity index (χ1) is 10.8. The summed E-state index contributed by atoms with van der Waals surface area (Å²) in [7, 11) is 0. The van der Waals surface area contributed by atoms with Gasteiger partial charge in [-0.2, -0.15) is 0 Å². The van der Waals surface area contributed by atoms with Crippen LogP contribution in [0.5, 0.6) is 0 Å². The van der Waals surface area contributed by atoms with Crippen LogP contribution in [-0.4, -0.2) is 0 Å². The maximum absolute atomic E-state index is 3.47. The molecule has 3 aromatic rings. The molecule has 0 fully saturated rings. The van der Waals surface area contributed by atoms with Crippen LogP contribution in [0.4, 0.5) is 0 Å². The Hall–Kier alpha value is -2.34. The minimum atomic E-state index is 0.633. The molecule has 0 unspecified atom stereocenters. The van der Waals surface area contributed by atoms with Crippen molar-refractivity contribution in [3.63, 3.8) is 0 Å². The molecule has 1 radical (unpaired) electrons. The molecule has 22 heavy (non-hydrogen) atoms. The van der Waals surface area contributed by atoms with Crippen molar-refractivity contribution in [1.29, 1.82) is 0 Å². The fourth-order valence-corrected chi connectivity index (χ4v) is 2.92. The van der Waals surface area contributed by atoms with E-state index in [1.54, 1.807) is 0 Å². The van der Waals surface area contributed by atoms with E-state index in [1.165, 1.54) is 27.8 Å². The third-order valence-electron chi connectivity index (χ3n) is 3.84. The van der Waals surface area contributed by atoms with Gasteiger partial charge >= 0.3 is 0 Å². The van der Waals surface area contributed by atoms with Gasteiger partial charge in [0.1, 0.15) is 0 Å². The van der Waals surface area contributed by atoms with E-state index < -0.39 is 0 Å². The number of hydrogen-bond donors (Lipinski definition) is 0. The summed E-state index contributed by atoms with van der Waals surface area (Å²) in [6.45, 7) is 4.54. The predicted octanol–water partition coefficient (Wildman–Crippen LogP) is 6.02. The lowest BCUT2D eigenvalue weighted by molar-refractivity contribution is 0.648. The molecule has 3 rings (SSSR count). The standard InChI is InChI=1S/C22H21/c1-17(2)16-20-14-9-15-21(18-10-5-3-6-11-18)22(20)19-12-7-4-8-13-19/h3-14,17H,16H2,1-2H3. The van der Waals surface area contributed by atoms with E-state index in [-0.39, 0.29) is 0 Å². The smallest absolute Gasteiger partial charge is 0.00238 e. The second-order valence-corrected chi connectivity index (χ2v) is 6.08. The first-order valence-corrected chi connectivity index (χ1v) is 7.90. The third-order valence-corrected chi connectivity index (χ3v) is 3.84. The quantitative estimate of drug-likeness (QED) is 0.550. The van der Waals surface area contributed by atoms with Crippen LogP contribution in [0.2, 0.25) is 0 Å². The Bertz CT molecular complexity index is 725. The summed E-state index contributed by atoms with van der Waals surface area (Å²) >= 11 is 0. The molecule has 0 aliphatic rings. The molecule has 0 aliphatic carbocycles. The van der Waals surface area contributed by atoms with Crippen LogP contribution in [0.3, 0.4) is 0 Å². The molecule has 0 amide bonds. The zero-order valence-electron chi connectivity index (χ0n) is 13.2. The van der Waals surface area contributed by atoms with Gasteiger partial charge < -0.3 is 0 Å². The monoisotopic (exact) mass is 285 g/mol. The fraction of sp³-hybridized carbons (Fsp3) is 0.182. The first kappa shape index (κ1) is 14.6. The molecule has 0 aliphatic heterocycles. The summed E-state index contributed by atoms with van der Waals surface area (Å²) in [5.74, 6) is 0.633. The van der Waals surface area contributed by atoms with Gasteiger partial charge in [-0.1, -0.05) is 86.6 Å². The lowest BCUT2D eigenvalue weighted by Crippen LogP contribution is -1.99. The minimum absolute atomic E-state index is 0.633. The largest absolute Gasteiger partial charge is 0.0625 e. The Balaban J connectivity index is 2.22. The lowest BCUT2D eigenvalue weighted by atomic mass is 9.87. The molecule has 0 heteroatoms. The van der Waals surface area contributed by atoms with E-state index in [9.17, 15) is 0 Å². The topological polar surface area (TPSA) is 0 Å². The van der Waals surface area contributed by atoms with E-state index in [0.29, 0.717) is 5.92 Å². The third kappa shape index (κ3) is 3.12. The van der Waals surface area contributed by atoms with Gasteiger partial charge in [-0.05, 0) is 46.2 Å². The molecule has 0 aromatic heterocycles. The van der Waals surface area contributed by atoms with Gasteiger partial charge in [0, 0.05) is 0 Å². The second-order valence-electron chi connectivity index (χ2n) is 6.08. The SMILES string of the molecule is CC(C)Cc1cc[c]c(-c2ccccc2)c1-c1ccccc1. The molecule has 0 atom stereocenters. The first-order valence-electron chi connectivity index (χ1n) is 7.90. The molecule has 3 aromatic carbocycles.